The molecule has 1 heterocycles. The first-order valence-electron chi connectivity index (χ1n) is 6.72. The zero-order valence-electron chi connectivity index (χ0n) is 11.8. The number of rotatable bonds is 7. The highest BCUT2D eigenvalue weighted by Crippen LogP contribution is 2.09. The average Bonchev–Trinajstić information content (AvgIpc) is 2.50. The molecule has 22 heavy (non-hydrogen) atoms. The van der Waals surface area contributed by atoms with Gasteiger partial charge in [0.25, 0.3) is 0 Å². The molecule has 1 aromatic carbocycles. The maximum Gasteiger partial charge on any atom is 0.313 e. The number of para-hydroxylation sites is 1. The Morgan fingerprint density at radius 3 is 2.77 bits per heavy atom. The number of nitrogens with zero attached hydrogens (tertiary/aromatic N) is 1. The van der Waals surface area contributed by atoms with Gasteiger partial charge >= 0.3 is 5.97 Å². The van der Waals surface area contributed by atoms with Crippen LogP contribution in [0, 0.1) is 0 Å². The van der Waals surface area contributed by atoms with Gasteiger partial charge in [-0.25, -0.2) is 0 Å². The van der Waals surface area contributed by atoms with E-state index in [1.54, 1.807) is 29.0 Å². The van der Waals surface area contributed by atoms with Crippen molar-refractivity contribution in [1.29, 1.82) is 0 Å². The number of carbonyl (C=O) groups is 2. The maximum absolute atomic E-state index is 11.9. The minimum atomic E-state index is -0.865. The molecule has 0 radical (unpaired) electrons. The van der Waals surface area contributed by atoms with Crippen LogP contribution >= 0.6 is 11.8 Å². The van der Waals surface area contributed by atoms with Crippen LogP contribution in [0.4, 0.5) is 0 Å². The standard InChI is InChI=1S/C15H16N2O4S/c18-13-5-7-17(12-4-2-1-3-11(12)13)9-14(19)16-6-8-22-10-15(20)21/h1-5,7H,6,8-10H2,(H,16,19)(H,20,21). The number of amides is 1. The molecule has 0 saturated heterocycles. The van der Waals surface area contributed by atoms with Crippen LogP contribution in [-0.4, -0.2) is 39.6 Å². The topological polar surface area (TPSA) is 88.4 Å². The molecule has 1 aromatic heterocycles. The monoisotopic (exact) mass is 320 g/mol. The lowest BCUT2D eigenvalue weighted by Crippen LogP contribution is -2.30. The molecule has 0 aliphatic heterocycles. The van der Waals surface area contributed by atoms with Gasteiger partial charge in [0.15, 0.2) is 5.43 Å². The van der Waals surface area contributed by atoms with Gasteiger partial charge in [0.05, 0.1) is 11.3 Å². The number of carboxylic acid groups (broad SMARTS) is 1. The largest absolute Gasteiger partial charge is 0.481 e. The Labute approximate surface area is 131 Å². The Morgan fingerprint density at radius 1 is 1.23 bits per heavy atom. The second-order valence-electron chi connectivity index (χ2n) is 4.62. The number of carboxylic acids is 1. The van der Waals surface area contributed by atoms with Crippen molar-refractivity contribution < 1.29 is 14.7 Å². The summed E-state index contributed by atoms with van der Waals surface area (Å²) < 4.78 is 1.72. The Hall–Kier alpha value is -2.28. The fourth-order valence-electron chi connectivity index (χ4n) is 2.03. The Kier molecular flexibility index (Phi) is 5.60. The molecule has 1 amide bonds. The van der Waals surface area contributed by atoms with Crippen LogP contribution in [0.15, 0.2) is 41.3 Å². The molecule has 0 unspecified atom stereocenters. The number of fused-ring (bicyclic) bond motifs is 1. The summed E-state index contributed by atoms with van der Waals surface area (Å²) in [5.41, 5.74) is 0.641. The highest BCUT2D eigenvalue weighted by Gasteiger charge is 2.06. The Bertz CT molecular complexity index is 742. The number of benzene rings is 1. The third-order valence-electron chi connectivity index (χ3n) is 2.99. The third kappa shape index (κ3) is 4.36. The lowest BCUT2D eigenvalue weighted by Gasteiger charge is -2.10. The summed E-state index contributed by atoms with van der Waals surface area (Å²) >= 11 is 1.25. The van der Waals surface area contributed by atoms with Crippen molar-refractivity contribution in [3.05, 3.63) is 46.8 Å². The van der Waals surface area contributed by atoms with Crippen molar-refractivity contribution in [2.45, 2.75) is 6.54 Å². The zero-order chi connectivity index (χ0) is 15.9. The van der Waals surface area contributed by atoms with E-state index in [0.29, 0.717) is 23.2 Å². The molecule has 0 spiro atoms. The summed E-state index contributed by atoms with van der Waals surface area (Å²) in [6.45, 7) is 0.527. The summed E-state index contributed by atoms with van der Waals surface area (Å²) in [5, 5.41) is 11.8. The summed E-state index contributed by atoms with van der Waals surface area (Å²) in [7, 11) is 0. The number of pyridine rings is 1. The first kappa shape index (κ1) is 16.1. The molecule has 7 heteroatoms. The van der Waals surface area contributed by atoms with Gasteiger partial charge < -0.3 is 15.0 Å². The fraction of sp³-hybridized carbons (Fsp3) is 0.267. The fourth-order valence-corrected chi connectivity index (χ4v) is 2.60. The molecular formula is C15H16N2O4S. The summed E-state index contributed by atoms with van der Waals surface area (Å²) in [6.07, 6.45) is 1.60. The minimum Gasteiger partial charge on any atom is -0.481 e. The minimum absolute atomic E-state index is 0.0280. The van der Waals surface area contributed by atoms with Crippen LogP contribution in [0.25, 0.3) is 10.9 Å². The molecule has 2 N–H and O–H groups in total. The van der Waals surface area contributed by atoms with Crippen molar-refractivity contribution in [1.82, 2.24) is 9.88 Å². The first-order valence-corrected chi connectivity index (χ1v) is 7.88. The van der Waals surface area contributed by atoms with Crippen LogP contribution in [0.3, 0.4) is 0 Å². The Morgan fingerprint density at radius 2 is 2.00 bits per heavy atom. The quantitative estimate of drug-likeness (QED) is 0.741. The predicted molar refractivity (Wildman–Crippen MR) is 86.2 cm³/mol. The second kappa shape index (κ2) is 7.65. The third-order valence-corrected chi connectivity index (χ3v) is 3.94. The number of aliphatic carboxylic acids is 1. The molecule has 0 atom stereocenters. The van der Waals surface area contributed by atoms with Crippen LogP contribution in [0.2, 0.25) is 0 Å². The average molecular weight is 320 g/mol. The van der Waals surface area contributed by atoms with Gasteiger partial charge in [-0.05, 0) is 12.1 Å². The van der Waals surface area contributed by atoms with Gasteiger partial charge in [-0.3, -0.25) is 14.4 Å². The van der Waals surface area contributed by atoms with Crippen LogP contribution in [0.5, 0.6) is 0 Å². The maximum atomic E-state index is 11.9. The normalized spacial score (nSPS) is 10.5. The number of carbonyl (C=O) groups excluding carboxylic acids is 1. The van der Waals surface area contributed by atoms with Gasteiger partial charge in [0.2, 0.25) is 5.91 Å². The molecule has 2 aromatic rings. The van der Waals surface area contributed by atoms with E-state index in [9.17, 15) is 14.4 Å². The molecule has 0 aliphatic rings. The second-order valence-corrected chi connectivity index (χ2v) is 5.73. The molecule has 2 rings (SSSR count). The van der Waals surface area contributed by atoms with Gasteiger partial charge in [0.1, 0.15) is 6.54 Å². The number of hydrogen-bond donors (Lipinski definition) is 2. The molecule has 0 bridgehead atoms. The summed E-state index contributed by atoms with van der Waals surface area (Å²) in [5.74, 6) is -0.468. The number of thioether (sulfide) groups is 1. The van der Waals surface area contributed by atoms with Crippen molar-refractivity contribution in [2.24, 2.45) is 0 Å². The number of aromatic nitrogens is 1. The van der Waals surface area contributed by atoms with Gasteiger partial charge in [-0.1, -0.05) is 12.1 Å². The lowest BCUT2D eigenvalue weighted by molar-refractivity contribution is -0.133. The van der Waals surface area contributed by atoms with E-state index in [1.165, 1.54) is 17.8 Å². The van der Waals surface area contributed by atoms with Crippen molar-refractivity contribution in [3.8, 4) is 0 Å². The van der Waals surface area contributed by atoms with Gasteiger partial charge in [-0.15, -0.1) is 11.8 Å². The lowest BCUT2D eigenvalue weighted by atomic mass is 10.2. The zero-order valence-corrected chi connectivity index (χ0v) is 12.6. The van der Waals surface area contributed by atoms with Crippen LogP contribution < -0.4 is 10.7 Å². The SMILES string of the molecule is O=C(O)CSCCNC(=O)Cn1ccc(=O)c2ccccc21. The van der Waals surface area contributed by atoms with Crippen molar-refractivity contribution >= 4 is 34.5 Å². The smallest absolute Gasteiger partial charge is 0.313 e. The van der Waals surface area contributed by atoms with E-state index in [2.05, 4.69) is 5.32 Å². The van der Waals surface area contributed by atoms with Gasteiger partial charge in [-0.2, -0.15) is 0 Å². The van der Waals surface area contributed by atoms with E-state index in [1.807, 2.05) is 6.07 Å². The Balaban J connectivity index is 1.94. The van der Waals surface area contributed by atoms with E-state index in [0.717, 1.165) is 0 Å². The molecule has 0 fully saturated rings. The van der Waals surface area contributed by atoms with Crippen molar-refractivity contribution in [3.63, 3.8) is 0 Å². The highest BCUT2D eigenvalue weighted by molar-refractivity contribution is 7.99. The van der Waals surface area contributed by atoms with Crippen LogP contribution in [-0.2, 0) is 16.1 Å². The number of hydrogen-bond acceptors (Lipinski definition) is 4. The molecule has 0 saturated carbocycles. The van der Waals surface area contributed by atoms with E-state index in [-0.39, 0.29) is 23.6 Å². The molecule has 116 valence electrons. The predicted octanol–water partition coefficient (Wildman–Crippen LogP) is 0.935. The van der Waals surface area contributed by atoms with E-state index < -0.39 is 5.97 Å². The molecule has 0 aliphatic carbocycles. The highest BCUT2D eigenvalue weighted by atomic mass is 32.2. The van der Waals surface area contributed by atoms with Crippen molar-refractivity contribution in [2.75, 3.05) is 18.1 Å². The van der Waals surface area contributed by atoms with E-state index in [4.69, 9.17) is 5.11 Å². The summed E-state index contributed by atoms with van der Waals surface area (Å²) in [4.78, 5) is 34.0. The van der Waals surface area contributed by atoms with Gasteiger partial charge in [0, 0.05) is 29.9 Å². The van der Waals surface area contributed by atoms with Crippen LogP contribution in [0.1, 0.15) is 0 Å². The summed E-state index contributed by atoms with van der Waals surface area (Å²) in [6, 6.07) is 8.58. The van der Waals surface area contributed by atoms with E-state index >= 15 is 0 Å². The molecule has 6 nitrogen and oxygen atoms in total. The number of nitrogens with one attached hydrogen (secondary N) is 1. The first-order chi connectivity index (χ1) is 10.6. The molecular weight excluding hydrogens is 304 g/mol.